The van der Waals surface area contributed by atoms with Gasteiger partial charge in [0.05, 0.1) is 5.69 Å². The van der Waals surface area contributed by atoms with Crippen LogP contribution < -0.4 is 4.90 Å². The van der Waals surface area contributed by atoms with Crippen LogP contribution in [-0.2, 0) is 5.41 Å². The molecule has 0 atom stereocenters. The molecule has 9 aromatic carbocycles. The standard InChI is InChI=1S/C55H39NS/c1-55(2)49-24-8-5-22-47(49)54-46(23-13-25-50(54)55)44-20-6-9-26-51(44)56(42-18-11-16-38(33-42)40-29-28-36-14-3-4-15-37(36)32-40)43-19-12-17-39(34-43)41-30-31-53-48(35-41)45-21-7-10-27-52(45)57-53/h3-35H,1-2H3. The van der Waals surface area contributed by atoms with E-state index in [2.05, 4.69) is 219 Å². The number of thiophene rings is 1. The van der Waals surface area contributed by atoms with Gasteiger partial charge in [0.25, 0.3) is 0 Å². The summed E-state index contributed by atoms with van der Waals surface area (Å²) in [4.78, 5) is 2.47. The summed E-state index contributed by atoms with van der Waals surface area (Å²) in [7, 11) is 0. The average molecular weight is 746 g/mol. The fourth-order valence-corrected chi connectivity index (χ4v) is 10.3. The molecule has 0 N–H and O–H groups in total. The SMILES string of the molecule is CC1(C)c2ccccc2-c2c(-c3ccccc3N(c3cccc(-c4ccc5ccccc5c4)c3)c3cccc(-c4ccc5sc6ccccc6c5c4)c3)cccc21. The molecule has 10 aromatic rings. The molecule has 270 valence electrons. The van der Waals surface area contributed by atoms with E-state index in [0.29, 0.717) is 0 Å². The normalized spacial score (nSPS) is 12.9. The van der Waals surface area contributed by atoms with E-state index in [1.54, 1.807) is 0 Å². The fraction of sp³-hybridized carbons (Fsp3) is 0.0545. The molecule has 11 rings (SSSR count). The number of anilines is 3. The second-order valence-electron chi connectivity index (χ2n) is 15.7. The monoisotopic (exact) mass is 745 g/mol. The lowest BCUT2D eigenvalue weighted by molar-refractivity contribution is 0.660. The van der Waals surface area contributed by atoms with Gasteiger partial charge in [0.2, 0.25) is 0 Å². The fourth-order valence-electron chi connectivity index (χ4n) is 9.23. The van der Waals surface area contributed by atoms with Gasteiger partial charge in [-0.3, -0.25) is 0 Å². The molecule has 1 aliphatic carbocycles. The number of hydrogen-bond acceptors (Lipinski definition) is 2. The molecule has 1 aliphatic rings. The molecule has 0 saturated carbocycles. The zero-order valence-electron chi connectivity index (χ0n) is 31.9. The lowest BCUT2D eigenvalue weighted by Crippen LogP contribution is -2.15. The van der Waals surface area contributed by atoms with Crippen LogP contribution in [0.15, 0.2) is 200 Å². The molecule has 0 amide bonds. The maximum Gasteiger partial charge on any atom is 0.0540 e. The van der Waals surface area contributed by atoms with Crippen molar-refractivity contribution < 1.29 is 0 Å². The van der Waals surface area contributed by atoms with Gasteiger partial charge in [-0.15, -0.1) is 11.3 Å². The number of benzene rings is 9. The Bertz CT molecular complexity index is 3180. The predicted molar refractivity (Wildman–Crippen MR) is 245 cm³/mol. The number of para-hydroxylation sites is 1. The van der Waals surface area contributed by atoms with E-state index in [0.717, 1.165) is 17.1 Å². The Morgan fingerprint density at radius 2 is 0.965 bits per heavy atom. The Morgan fingerprint density at radius 3 is 1.79 bits per heavy atom. The summed E-state index contributed by atoms with van der Waals surface area (Å²) < 4.78 is 2.64. The highest BCUT2D eigenvalue weighted by Gasteiger charge is 2.37. The van der Waals surface area contributed by atoms with Crippen LogP contribution in [0.25, 0.3) is 75.5 Å². The summed E-state index contributed by atoms with van der Waals surface area (Å²) in [6, 6.07) is 74.0. The molecule has 0 bridgehead atoms. The summed E-state index contributed by atoms with van der Waals surface area (Å²) in [6.07, 6.45) is 0. The first kappa shape index (κ1) is 33.6. The molecule has 0 fully saturated rings. The molecule has 1 heterocycles. The number of fused-ring (bicyclic) bond motifs is 7. The summed E-state index contributed by atoms with van der Waals surface area (Å²) in [6.45, 7) is 4.72. The summed E-state index contributed by atoms with van der Waals surface area (Å²) in [5.74, 6) is 0. The summed E-state index contributed by atoms with van der Waals surface area (Å²) in [5, 5.41) is 5.12. The molecule has 1 aromatic heterocycles. The third-order valence-corrected chi connectivity index (χ3v) is 13.2. The van der Waals surface area contributed by atoms with E-state index in [-0.39, 0.29) is 5.41 Å². The highest BCUT2D eigenvalue weighted by Crippen LogP contribution is 2.54. The minimum Gasteiger partial charge on any atom is -0.310 e. The van der Waals surface area contributed by atoms with Crippen LogP contribution in [0.5, 0.6) is 0 Å². The second kappa shape index (κ2) is 13.2. The Balaban J connectivity index is 1.12. The van der Waals surface area contributed by atoms with Crippen molar-refractivity contribution in [1.29, 1.82) is 0 Å². The van der Waals surface area contributed by atoms with Crippen molar-refractivity contribution in [3.8, 4) is 44.5 Å². The molecule has 0 aliphatic heterocycles. The Kier molecular flexibility index (Phi) is 7.77. The third-order valence-electron chi connectivity index (χ3n) is 12.0. The number of hydrogen-bond donors (Lipinski definition) is 0. The Hall–Kier alpha value is -6.74. The molecule has 2 heteroatoms. The van der Waals surface area contributed by atoms with E-state index >= 15 is 0 Å². The van der Waals surface area contributed by atoms with E-state index in [1.165, 1.54) is 86.6 Å². The molecular formula is C55H39NS. The summed E-state index contributed by atoms with van der Waals surface area (Å²) in [5.41, 5.74) is 15.9. The van der Waals surface area contributed by atoms with Crippen molar-refractivity contribution in [2.45, 2.75) is 19.3 Å². The van der Waals surface area contributed by atoms with Gasteiger partial charge in [-0.1, -0.05) is 159 Å². The van der Waals surface area contributed by atoms with Crippen molar-refractivity contribution >= 4 is 59.3 Å². The van der Waals surface area contributed by atoms with Gasteiger partial charge in [0, 0.05) is 42.5 Å². The van der Waals surface area contributed by atoms with Crippen LogP contribution >= 0.6 is 11.3 Å². The molecule has 57 heavy (non-hydrogen) atoms. The largest absolute Gasteiger partial charge is 0.310 e. The second-order valence-corrected chi connectivity index (χ2v) is 16.8. The van der Waals surface area contributed by atoms with Crippen LogP contribution in [0, 0.1) is 0 Å². The lowest BCUT2D eigenvalue weighted by Gasteiger charge is -2.29. The maximum absolute atomic E-state index is 2.47. The maximum atomic E-state index is 2.47. The van der Waals surface area contributed by atoms with Gasteiger partial charge in [0.1, 0.15) is 0 Å². The predicted octanol–water partition coefficient (Wildman–Crippen LogP) is 16.0. The molecular weight excluding hydrogens is 707 g/mol. The molecule has 0 radical (unpaired) electrons. The minimum atomic E-state index is -0.0893. The Labute approximate surface area is 337 Å². The highest BCUT2D eigenvalue weighted by atomic mass is 32.1. The van der Waals surface area contributed by atoms with Crippen LogP contribution in [-0.4, -0.2) is 0 Å². The smallest absolute Gasteiger partial charge is 0.0540 e. The van der Waals surface area contributed by atoms with Crippen molar-refractivity contribution in [2.75, 3.05) is 4.90 Å². The number of nitrogens with zero attached hydrogens (tertiary/aromatic N) is 1. The topological polar surface area (TPSA) is 3.24 Å². The van der Waals surface area contributed by atoms with Gasteiger partial charge in [-0.25, -0.2) is 0 Å². The minimum absolute atomic E-state index is 0.0893. The molecule has 0 unspecified atom stereocenters. The third kappa shape index (κ3) is 5.51. The van der Waals surface area contributed by atoms with Gasteiger partial charge in [0.15, 0.2) is 0 Å². The van der Waals surface area contributed by atoms with Crippen LogP contribution in [0.4, 0.5) is 17.1 Å². The summed E-state index contributed by atoms with van der Waals surface area (Å²) >= 11 is 1.86. The van der Waals surface area contributed by atoms with Gasteiger partial charge >= 0.3 is 0 Å². The van der Waals surface area contributed by atoms with Crippen molar-refractivity contribution in [3.05, 3.63) is 211 Å². The average Bonchev–Trinajstić information content (AvgIpc) is 3.75. The van der Waals surface area contributed by atoms with E-state index in [1.807, 2.05) is 11.3 Å². The first-order valence-corrected chi connectivity index (χ1v) is 20.6. The highest BCUT2D eigenvalue weighted by molar-refractivity contribution is 7.25. The molecule has 1 nitrogen and oxygen atoms in total. The quantitative estimate of drug-likeness (QED) is 0.164. The first-order chi connectivity index (χ1) is 28.0. The molecule has 0 saturated heterocycles. The lowest BCUT2D eigenvalue weighted by atomic mass is 9.82. The van der Waals surface area contributed by atoms with Crippen LogP contribution in [0.3, 0.4) is 0 Å². The van der Waals surface area contributed by atoms with Gasteiger partial charge in [-0.2, -0.15) is 0 Å². The van der Waals surface area contributed by atoms with E-state index in [9.17, 15) is 0 Å². The van der Waals surface area contributed by atoms with Crippen molar-refractivity contribution in [1.82, 2.24) is 0 Å². The Morgan fingerprint density at radius 1 is 0.386 bits per heavy atom. The van der Waals surface area contributed by atoms with E-state index < -0.39 is 0 Å². The van der Waals surface area contributed by atoms with Crippen LogP contribution in [0.1, 0.15) is 25.0 Å². The first-order valence-electron chi connectivity index (χ1n) is 19.8. The van der Waals surface area contributed by atoms with Gasteiger partial charge in [-0.05, 0) is 115 Å². The zero-order chi connectivity index (χ0) is 38.1. The van der Waals surface area contributed by atoms with Crippen molar-refractivity contribution in [3.63, 3.8) is 0 Å². The van der Waals surface area contributed by atoms with Gasteiger partial charge < -0.3 is 4.90 Å². The zero-order valence-corrected chi connectivity index (χ0v) is 32.7. The van der Waals surface area contributed by atoms with Crippen LogP contribution in [0.2, 0.25) is 0 Å². The molecule has 0 spiro atoms. The van der Waals surface area contributed by atoms with Crippen molar-refractivity contribution in [2.24, 2.45) is 0 Å². The van der Waals surface area contributed by atoms with E-state index in [4.69, 9.17) is 0 Å². The number of rotatable bonds is 6.